The Bertz CT molecular complexity index is 886. The highest BCUT2D eigenvalue weighted by molar-refractivity contribution is 7.89. The van der Waals surface area contributed by atoms with E-state index in [1.54, 1.807) is 19.1 Å². The van der Waals surface area contributed by atoms with E-state index in [2.05, 4.69) is 10.2 Å². The summed E-state index contributed by atoms with van der Waals surface area (Å²) in [4.78, 5) is 11.5. The van der Waals surface area contributed by atoms with Crippen molar-refractivity contribution in [1.82, 2.24) is 14.5 Å². The van der Waals surface area contributed by atoms with Crippen molar-refractivity contribution in [3.05, 3.63) is 46.3 Å². The average Bonchev–Trinajstić information content (AvgIpc) is 2.92. The number of sulfonamides is 1. The maximum Gasteiger partial charge on any atom is 0.356 e. The van der Waals surface area contributed by atoms with Gasteiger partial charge in [0.05, 0.1) is 4.90 Å². The van der Waals surface area contributed by atoms with Crippen molar-refractivity contribution in [3.8, 4) is 0 Å². The van der Waals surface area contributed by atoms with Gasteiger partial charge in [0.1, 0.15) is 0 Å². The fourth-order valence-corrected chi connectivity index (χ4v) is 4.50. The molecule has 2 heterocycles. The van der Waals surface area contributed by atoms with Crippen molar-refractivity contribution in [2.45, 2.75) is 31.7 Å². The molecular weight excluding hydrogens is 318 g/mol. The molecule has 0 atom stereocenters. The van der Waals surface area contributed by atoms with Crippen LogP contribution in [0, 0.1) is 13.8 Å². The predicted octanol–water partition coefficient (Wildman–Crippen LogP) is 1.47. The number of aryl methyl sites for hydroxylation is 2. The van der Waals surface area contributed by atoms with Crippen LogP contribution in [0.4, 0.5) is 0 Å². The van der Waals surface area contributed by atoms with Crippen LogP contribution in [-0.4, -0.2) is 40.5 Å². The molecule has 1 aliphatic rings. The van der Waals surface area contributed by atoms with Gasteiger partial charge in [0.25, 0.3) is 0 Å². The van der Waals surface area contributed by atoms with E-state index < -0.39 is 16.0 Å². The lowest BCUT2D eigenvalue weighted by atomic mass is 10.1. The zero-order chi connectivity index (χ0) is 16.8. The minimum atomic E-state index is -3.68. The molecule has 0 unspecified atom stereocenters. The molecule has 0 saturated carbocycles. The second-order valence-corrected chi connectivity index (χ2v) is 7.60. The first-order valence-corrected chi connectivity index (χ1v) is 8.61. The third-order valence-electron chi connectivity index (χ3n) is 4.06. The lowest BCUT2D eigenvalue weighted by Crippen LogP contribution is -2.36. The first-order chi connectivity index (χ1) is 10.8. The van der Waals surface area contributed by atoms with Gasteiger partial charge in [-0.3, -0.25) is 5.10 Å². The maximum absolute atomic E-state index is 12.9. The van der Waals surface area contributed by atoms with Gasteiger partial charge < -0.3 is 5.11 Å². The molecule has 0 radical (unpaired) electrons. The molecule has 0 bridgehead atoms. The van der Waals surface area contributed by atoms with Crippen LogP contribution >= 0.6 is 0 Å². The van der Waals surface area contributed by atoms with Crippen molar-refractivity contribution >= 4 is 16.0 Å². The van der Waals surface area contributed by atoms with Crippen LogP contribution in [0.2, 0.25) is 0 Å². The molecule has 3 rings (SSSR count). The third-order valence-corrected chi connectivity index (χ3v) is 6.05. The fourth-order valence-electron chi connectivity index (χ4n) is 2.78. The number of hydrogen-bond donors (Lipinski definition) is 2. The maximum atomic E-state index is 12.9. The van der Waals surface area contributed by atoms with Crippen molar-refractivity contribution in [1.29, 1.82) is 0 Å². The summed E-state index contributed by atoms with van der Waals surface area (Å²) in [5.41, 5.74) is 2.56. The molecule has 2 N–H and O–H groups in total. The van der Waals surface area contributed by atoms with Gasteiger partial charge in [-0.05, 0) is 31.0 Å². The highest BCUT2D eigenvalue weighted by atomic mass is 32.2. The normalized spacial score (nSPS) is 15.4. The lowest BCUT2D eigenvalue weighted by molar-refractivity contribution is 0.0688. The van der Waals surface area contributed by atoms with Crippen LogP contribution in [0.1, 0.15) is 32.9 Å². The standard InChI is InChI=1S/C15H17N3O4S/c1-9-3-4-10(2)13(7-9)23(21,22)18-6-5-12-11(8-18)14(15(19)20)17-16-12/h3-4,7H,5-6,8H2,1-2H3,(H,16,17)(H,19,20). The van der Waals surface area contributed by atoms with E-state index >= 15 is 0 Å². The number of aromatic carboxylic acids is 1. The first-order valence-electron chi connectivity index (χ1n) is 7.17. The highest BCUT2D eigenvalue weighted by Crippen LogP contribution is 2.27. The summed E-state index contributed by atoms with van der Waals surface area (Å²) in [5, 5.41) is 15.6. The van der Waals surface area contributed by atoms with Gasteiger partial charge in [-0.1, -0.05) is 12.1 Å². The molecule has 1 aliphatic heterocycles. The summed E-state index contributed by atoms with van der Waals surface area (Å²) in [6.07, 6.45) is 0.416. The monoisotopic (exact) mass is 335 g/mol. The van der Waals surface area contributed by atoms with Gasteiger partial charge in [0.2, 0.25) is 10.0 Å². The first kappa shape index (κ1) is 15.7. The van der Waals surface area contributed by atoms with E-state index in [4.69, 9.17) is 5.11 Å². The molecular formula is C15H17N3O4S. The van der Waals surface area contributed by atoms with Gasteiger partial charge >= 0.3 is 5.97 Å². The van der Waals surface area contributed by atoms with Crippen molar-refractivity contribution in [2.75, 3.05) is 6.54 Å². The van der Waals surface area contributed by atoms with Crippen LogP contribution in [0.3, 0.4) is 0 Å². The third kappa shape index (κ3) is 2.64. The number of rotatable bonds is 3. The van der Waals surface area contributed by atoms with E-state index in [-0.39, 0.29) is 17.1 Å². The zero-order valence-electron chi connectivity index (χ0n) is 12.8. The molecule has 122 valence electrons. The van der Waals surface area contributed by atoms with E-state index in [1.165, 1.54) is 4.31 Å². The average molecular weight is 335 g/mol. The zero-order valence-corrected chi connectivity index (χ0v) is 13.6. The van der Waals surface area contributed by atoms with E-state index in [1.807, 2.05) is 13.0 Å². The Kier molecular flexibility index (Phi) is 3.73. The summed E-state index contributed by atoms with van der Waals surface area (Å²) in [6.45, 7) is 3.90. The number of hydrogen-bond acceptors (Lipinski definition) is 4. The largest absolute Gasteiger partial charge is 0.476 e. The van der Waals surface area contributed by atoms with Gasteiger partial charge in [-0.2, -0.15) is 9.40 Å². The smallest absolute Gasteiger partial charge is 0.356 e. The number of carbonyl (C=O) groups is 1. The molecule has 1 aromatic carbocycles. The predicted molar refractivity (Wildman–Crippen MR) is 82.8 cm³/mol. The van der Waals surface area contributed by atoms with Crippen molar-refractivity contribution in [3.63, 3.8) is 0 Å². The number of H-pyrrole nitrogens is 1. The van der Waals surface area contributed by atoms with Crippen LogP contribution in [0.15, 0.2) is 23.1 Å². The van der Waals surface area contributed by atoms with E-state index in [9.17, 15) is 13.2 Å². The second kappa shape index (κ2) is 5.47. The number of aromatic nitrogens is 2. The molecule has 0 fully saturated rings. The number of benzene rings is 1. The molecule has 1 aromatic heterocycles. The van der Waals surface area contributed by atoms with Crippen LogP contribution in [0.5, 0.6) is 0 Å². The number of carboxylic acids is 1. The number of nitrogens with one attached hydrogen (secondary N) is 1. The molecule has 23 heavy (non-hydrogen) atoms. The highest BCUT2D eigenvalue weighted by Gasteiger charge is 2.33. The van der Waals surface area contributed by atoms with Gasteiger partial charge in [0, 0.05) is 30.8 Å². The van der Waals surface area contributed by atoms with Crippen LogP contribution in [-0.2, 0) is 23.0 Å². The quantitative estimate of drug-likeness (QED) is 0.884. The van der Waals surface area contributed by atoms with Gasteiger partial charge in [-0.15, -0.1) is 0 Å². The summed E-state index contributed by atoms with van der Waals surface area (Å²) < 4.78 is 27.2. The second-order valence-electron chi connectivity index (χ2n) is 5.69. The Hall–Kier alpha value is -2.19. The van der Waals surface area contributed by atoms with Gasteiger partial charge in [0.15, 0.2) is 5.69 Å². The Morgan fingerprint density at radius 3 is 2.78 bits per heavy atom. The molecule has 8 heteroatoms. The SMILES string of the molecule is Cc1ccc(C)c(S(=O)(=O)N2CCc3[nH]nc(C(=O)O)c3C2)c1. The number of carboxylic acid groups (broad SMARTS) is 1. The Labute approximate surface area is 134 Å². The summed E-state index contributed by atoms with van der Waals surface area (Å²) in [7, 11) is -3.68. The summed E-state index contributed by atoms with van der Waals surface area (Å²) in [5.74, 6) is -1.16. The summed E-state index contributed by atoms with van der Waals surface area (Å²) >= 11 is 0. The molecule has 2 aromatic rings. The van der Waals surface area contributed by atoms with Crippen LogP contribution < -0.4 is 0 Å². The number of fused-ring (bicyclic) bond motifs is 1. The fraction of sp³-hybridized carbons (Fsp3) is 0.333. The van der Waals surface area contributed by atoms with E-state index in [0.717, 1.165) is 5.56 Å². The minimum Gasteiger partial charge on any atom is -0.476 e. The summed E-state index contributed by atoms with van der Waals surface area (Å²) in [6, 6.07) is 5.28. The molecule has 7 nitrogen and oxygen atoms in total. The Morgan fingerprint density at radius 2 is 2.09 bits per heavy atom. The molecule has 0 saturated heterocycles. The van der Waals surface area contributed by atoms with E-state index in [0.29, 0.717) is 29.8 Å². The minimum absolute atomic E-state index is 0.0170. The number of aromatic amines is 1. The lowest BCUT2D eigenvalue weighted by Gasteiger charge is -2.27. The van der Waals surface area contributed by atoms with Crippen LogP contribution in [0.25, 0.3) is 0 Å². The molecule has 0 aliphatic carbocycles. The molecule has 0 amide bonds. The topological polar surface area (TPSA) is 103 Å². The van der Waals surface area contributed by atoms with Crippen molar-refractivity contribution in [2.24, 2.45) is 0 Å². The number of nitrogens with zero attached hydrogens (tertiary/aromatic N) is 2. The van der Waals surface area contributed by atoms with Gasteiger partial charge in [-0.25, -0.2) is 13.2 Å². The van der Waals surface area contributed by atoms with Crippen molar-refractivity contribution < 1.29 is 18.3 Å². The molecule has 0 spiro atoms. The Balaban J connectivity index is 2.01. The Morgan fingerprint density at radius 1 is 1.35 bits per heavy atom.